The number of furan rings is 1. The molecular weight excluding hydrogens is 671 g/mol. The van der Waals surface area contributed by atoms with Crippen LogP contribution in [0.3, 0.4) is 0 Å². The predicted molar refractivity (Wildman–Crippen MR) is 225 cm³/mol. The number of nitrogens with zero attached hydrogens (tertiary/aromatic N) is 1. The fourth-order valence-electron chi connectivity index (χ4n) is 7.92. The molecule has 0 saturated carbocycles. The highest BCUT2D eigenvalue weighted by Crippen LogP contribution is 2.51. The van der Waals surface area contributed by atoms with Crippen molar-refractivity contribution < 1.29 is 4.42 Å². The van der Waals surface area contributed by atoms with Crippen LogP contribution in [0.15, 0.2) is 180 Å². The van der Waals surface area contributed by atoms with E-state index in [1.807, 2.05) is 22.7 Å². The smallest absolute Gasteiger partial charge is 0.159 e. The van der Waals surface area contributed by atoms with Crippen LogP contribution in [0.5, 0.6) is 0 Å². The number of benzene rings is 8. The number of thiophene rings is 2. The summed E-state index contributed by atoms with van der Waals surface area (Å²) in [5.74, 6) is 0. The average Bonchev–Trinajstić information content (AvgIpc) is 3.91. The molecule has 0 aliphatic heterocycles. The molecular formula is C48H29NOS2. The van der Waals surface area contributed by atoms with Gasteiger partial charge in [0, 0.05) is 62.4 Å². The molecule has 8 aromatic carbocycles. The Bertz CT molecular complexity index is 3120. The van der Waals surface area contributed by atoms with Gasteiger partial charge in [-0.25, -0.2) is 0 Å². The molecule has 0 saturated heterocycles. The second-order valence-electron chi connectivity index (χ2n) is 13.2. The second kappa shape index (κ2) is 11.7. The van der Waals surface area contributed by atoms with Crippen LogP contribution in [0.1, 0.15) is 0 Å². The van der Waals surface area contributed by atoms with Crippen LogP contribution in [0, 0.1) is 0 Å². The van der Waals surface area contributed by atoms with E-state index in [2.05, 4.69) is 181 Å². The van der Waals surface area contributed by atoms with E-state index in [9.17, 15) is 0 Å². The fourth-order valence-corrected chi connectivity index (χ4v) is 10.4. The molecule has 0 aliphatic carbocycles. The van der Waals surface area contributed by atoms with Crippen molar-refractivity contribution in [1.82, 2.24) is 0 Å². The zero-order chi connectivity index (χ0) is 34.2. The monoisotopic (exact) mass is 699 g/mol. The Hall–Kier alpha value is -6.20. The summed E-state index contributed by atoms with van der Waals surface area (Å²) >= 11 is 3.77. The zero-order valence-electron chi connectivity index (χ0n) is 27.9. The topological polar surface area (TPSA) is 16.4 Å². The minimum atomic E-state index is 0.872. The van der Waals surface area contributed by atoms with Crippen LogP contribution in [0.2, 0.25) is 0 Å². The standard InChI is InChI=1S/C48H29NOS2/c1-3-12-30(13-4-1)31-24-26-33(27-25-31)49(40-21-10-19-37-36-18-9-17-34(46(36)50-47(37)40)32-14-5-2-6-15-32)39-20-11-23-42-44(39)45-43(51-42)29-28-38-35-16-7-8-22-41(35)52-48(38)45/h1-29H. The highest BCUT2D eigenvalue weighted by atomic mass is 32.1. The third-order valence-corrected chi connectivity index (χ3v) is 12.6. The highest BCUT2D eigenvalue weighted by Gasteiger charge is 2.24. The molecule has 3 aromatic heterocycles. The number of hydrogen-bond donors (Lipinski definition) is 0. The summed E-state index contributed by atoms with van der Waals surface area (Å²) in [5, 5.41) is 7.44. The van der Waals surface area contributed by atoms with E-state index < -0.39 is 0 Å². The molecule has 2 nitrogen and oxygen atoms in total. The van der Waals surface area contributed by atoms with Gasteiger partial charge in [0.05, 0.1) is 11.4 Å². The SMILES string of the molecule is c1ccc(-c2ccc(N(c3cccc4c3oc3c(-c5ccccc5)cccc34)c3cccc4sc5ccc6c7ccccc7sc6c5c34)cc2)cc1. The van der Waals surface area contributed by atoms with E-state index in [0.29, 0.717) is 0 Å². The van der Waals surface area contributed by atoms with Crippen LogP contribution in [-0.4, -0.2) is 0 Å². The van der Waals surface area contributed by atoms with Gasteiger partial charge < -0.3 is 9.32 Å². The van der Waals surface area contributed by atoms with Crippen LogP contribution in [0.25, 0.3) is 84.5 Å². The van der Waals surface area contributed by atoms with Gasteiger partial charge >= 0.3 is 0 Å². The molecule has 0 unspecified atom stereocenters. The van der Waals surface area contributed by atoms with Gasteiger partial charge in [0.15, 0.2) is 5.58 Å². The van der Waals surface area contributed by atoms with Gasteiger partial charge in [-0.2, -0.15) is 0 Å². The lowest BCUT2D eigenvalue weighted by molar-refractivity contribution is 0.670. The summed E-state index contributed by atoms with van der Waals surface area (Å²) < 4.78 is 12.3. The van der Waals surface area contributed by atoms with Crippen molar-refractivity contribution in [2.75, 3.05) is 4.90 Å². The molecule has 0 bridgehead atoms. The van der Waals surface area contributed by atoms with Crippen molar-refractivity contribution in [1.29, 1.82) is 0 Å². The second-order valence-corrected chi connectivity index (χ2v) is 15.4. The Kier molecular flexibility index (Phi) is 6.63. The molecule has 11 aromatic rings. The number of fused-ring (bicyclic) bond motifs is 10. The Labute approximate surface area is 308 Å². The lowest BCUT2D eigenvalue weighted by atomic mass is 10.0. The maximum atomic E-state index is 7.04. The normalized spacial score (nSPS) is 11.8. The van der Waals surface area contributed by atoms with E-state index >= 15 is 0 Å². The largest absolute Gasteiger partial charge is 0.453 e. The lowest BCUT2D eigenvalue weighted by Gasteiger charge is -2.26. The van der Waals surface area contributed by atoms with E-state index in [-0.39, 0.29) is 0 Å². The number of rotatable bonds is 5. The molecule has 0 fully saturated rings. The fraction of sp³-hybridized carbons (Fsp3) is 0. The van der Waals surface area contributed by atoms with Crippen molar-refractivity contribution >= 4 is 102 Å². The lowest BCUT2D eigenvalue weighted by Crippen LogP contribution is -2.10. The number of anilines is 3. The molecule has 0 N–H and O–H groups in total. The molecule has 52 heavy (non-hydrogen) atoms. The first-order chi connectivity index (χ1) is 25.8. The summed E-state index contributed by atoms with van der Waals surface area (Å²) in [4.78, 5) is 2.42. The predicted octanol–water partition coefficient (Wildman–Crippen LogP) is 15.1. The van der Waals surface area contributed by atoms with Gasteiger partial charge in [-0.05, 0) is 59.2 Å². The number of hydrogen-bond acceptors (Lipinski definition) is 4. The van der Waals surface area contributed by atoms with Gasteiger partial charge in [0.25, 0.3) is 0 Å². The van der Waals surface area contributed by atoms with Gasteiger partial charge in [-0.15, -0.1) is 22.7 Å². The van der Waals surface area contributed by atoms with Crippen molar-refractivity contribution in [3.05, 3.63) is 176 Å². The Morgan fingerprint density at radius 2 is 0.981 bits per heavy atom. The summed E-state index contributed by atoms with van der Waals surface area (Å²) in [7, 11) is 0. The van der Waals surface area contributed by atoms with Crippen LogP contribution in [0.4, 0.5) is 17.1 Å². The van der Waals surface area contributed by atoms with Gasteiger partial charge in [-0.1, -0.05) is 133 Å². The van der Waals surface area contributed by atoms with Crippen molar-refractivity contribution in [3.63, 3.8) is 0 Å². The van der Waals surface area contributed by atoms with E-state index in [1.54, 1.807) is 0 Å². The van der Waals surface area contributed by atoms with Gasteiger partial charge in [0.1, 0.15) is 5.58 Å². The Balaban J connectivity index is 1.22. The van der Waals surface area contributed by atoms with Crippen LogP contribution in [-0.2, 0) is 0 Å². The van der Waals surface area contributed by atoms with Gasteiger partial charge in [0.2, 0.25) is 0 Å². The Morgan fingerprint density at radius 3 is 1.81 bits per heavy atom. The van der Waals surface area contributed by atoms with Crippen LogP contribution < -0.4 is 4.90 Å². The van der Waals surface area contributed by atoms with Gasteiger partial charge in [-0.3, -0.25) is 0 Å². The minimum absolute atomic E-state index is 0.872. The van der Waals surface area contributed by atoms with E-state index in [4.69, 9.17) is 4.42 Å². The quantitative estimate of drug-likeness (QED) is 0.178. The first kappa shape index (κ1) is 29.5. The molecule has 0 amide bonds. The zero-order valence-corrected chi connectivity index (χ0v) is 29.5. The summed E-state index contributed by atoms with van der Waals surface area (Å²) in [6.07, 6.45) is 0. The average molecular weight is 700 g/mol. The molecule has 0 aliphatic rings. The number of para-hydroxylation sites is 2. The van der Waals surface area contributed by atoms with Crippen LogP contribution >= 0.6 is 22.7 Å². The van der Waals surface area contributed by atoms with Crippen molar-refractivity contribution in [2.45, 2.75) is 0 Å². The maximum absolute atomic E-state index is 7.04. The van der Waals surface area contributed by atoms with Crippen molar-refractivity contribution in [2.24, 2.45) is 0 Å². The third-order valence-electron chi connectivity index (χ3n) is 10.3. The molecule has 0 spiro atoms. The van der Waals surface area contributed by atoms with E-state index in [1.165, 1.54) is 51.5 Å². The molecule has 11 rings (SSSR count). The Morgan fingerprint density at radius 1 is 0.365 bits per heavy atom. The summed E-state index contributed by atoms with van der Waals surface area (Å²) in [6, 6.07) is 63.3. The third kappa shape index (κ3) is 4.48. The summed E-state index contributed by atoms with van der Waals surface area (Å²) in [6.45, 7) is 0. The molecule has 0 atom stereocenters. The molecule has 3 heterocycles. The molecule has 244 valence electrons. The first-order valence-electron chi connectivity index (χ1n) is 17.5. The van der Waals surface area contributed by atoms with Crippen molar-refractivity contribution in [3.8, 4) is 22.3 Å². The minimum Gasteiger partial charge on any atom is -0.453 e. The first-order valence-corrected chi connectivity index (χ1v) is 19.1. The summed E-state index contributed by atoms with van der Waals surface area (Å²) in [5.41, 5.74) is 9.62. The molecule has 0 radical (unpaired) electrons. The maximum Gasteiger partial charge on any atom is 0.159 e. The highest BCUT2D eigenvalue weighted by molar-refractivity contribution is 7.29. The van der Waals surface area contributed by atoms with E-state index in [0.717, 1.165) is 50.1 Å². The molecule has 4 heteroatoms.